The van der Waals surface area contributed by atoms with Crippen molar-refractivity contribution in [2.45, 2.75) is 0 Å². The molecule has 0 unspecified atom stereocenters. The Hall–Kier alpha value is -0.980. The molecule has 0 saturated carbocycles. The molecule has 0 amide bonds. The second-order valence-corrected chi connectivity index (χ2v) is 3.81. The summed E-state index contributed by atoms with van der Waals surface area (Å²) in [6.07, 6.45) is 1.10. The van der Waals surface area contributed by atoms with Gasteiger partial charge >= 0.3 is 0 Å². The van der Waals surface area contributed by atoms with Gasteiger partial charge in [-0.1, -0.05) is 0 Å². The summed E-state index contributed by atoms with van der Waals surface area (Å²) in [5.41, 5.74) is -0.693. The molecule has 0 atom stereocenters. The molecule has 2 rings (SSSR count). The maximum Gasteiger partial charge on any atom is 0.206 e. The van der Waals surface area contributed by atoms with Crippen LogP contribution in [-0.4, -0.2) is 0 Å². The van der Waals surface area contributed by atoms with Gasteiger partial charge in [0, 0.05) is 0 Å². The van der Waals surface area contributed by atoms with E-state index >= 15 is 0 Å². The second-order valence-electron chi connectivity index (χ2n) is 2.65. The van der Waals surface area contributed by atoms with E-state index in [4.69, 9.17) is 4.42 Å². The third-order valence-corrected chi connectivity index (χ3v) is 2.54. The number of fused-ring (bicyclic) bond motifs is 1. The number of rotatable bonds is 0. The van der Waals surface area contributed by atoms with Gasteiger partial charge in [-0.3, -0.25) is 4.79 Å². The fraction of sp³-hybridized carbons (Fsp3) is 0. The predicted molar refractivity (Wildman–Crippen MR) is 55.1 cm³/mol. The van der Waals surface area contributed by atoms with Gasteiger partial charge in [0.15, 0.2) is 11.4 Å². The molecule has 0 aliphatic rings. The van der Waals surface area contributed by atoms with E-state index in [1.807, 2.05) is 0 Å². The first-order valence-corrected chi connectivity index (χ1v) is 4.74. The molecule has 0 saturated heterocycles. The lowest BCUT2D eigenvalue weighted by atomic mass is 10.2. The quantitative estimate of drug-likeness (QED) is 0.701. The summed E-state index contributed by atoms with van der Waals surface area (Å²) in [6, 6.07) is 2.12. The molecule has 0 radical (unpaired) electrons. The number of hydrogen-bond donors (Lipinski definition) is 0. The van der Waals surface area contributed by atoms with Crippen molar-refractivity contribution >= 4 is 33.6 Å². The van der Waals surface area contributed by atoms with Crippen molar-refractivity contribution in [1.29, 1.82) is 0 Å². The highest BCUT2D eigenvalue weighted by Crippen LogP contribution is 2.18. The van der Waals surface area contributed by atoms with Crippen LogP contribution in [0.1, 0.15) is 0 Å². The molecule has 0 N–H and O–H groups in total. The summed E-state index contributed by atoms with van der Waals surface area (Å²) in [5.74, 6) is -2.15. The Morgan fingerprint density at radius 2 is 2.00 bits per heavy atom. The SMILES string of the molecule is O=c1c(I)coc2c(F)c(F)ccc12. The lowest BCUT2D eigenvalue weighted by Gasteiger charge is -1.98. The lowest BCUT2D eigenvalue weighted by Crippen LogP contribution is -2.05. The Morgan fingerprint density at radius 1 is 1.29 bits per heavy atom. The Labute approximate surface area is 90.7 Å². The molecule has 1 aromatic heterocycles. The van der Waals surface area contributed by atoms with Crippen molar-refractivity contribution < 1.29 is 13.2 Å². The lowest BCUT2D eigenvalue weighted by molar-refractivity contribution is 0.487. The molecule has 5 heteroatoms. The number of halogens is 3. The molecule has 2 nitrogen and oxygen atoms in total. The Bertz CT molecular complexity index is 562. The average Bonchev–Trinajstić information content (AvgIpc) is 2.17. The van der Waals surface area contributed by atoms with Crippen LogP contribution < -0.4 is 5.43 Å². The summed E-state index contributed by atoms with van der Waals surface area (Å²) >= 11 is 1.77. The van der Waals surface area contributed by atoms with Crippen LogP contribution in [0.15, 0.2) is 27.6 Å². The maximum absolute atomic E-state index is 13.1. The maximum atomic E-state index is 13.1. The smallest absolute Gasteiger partial charge is 0.206 e. The van der Waals surface area contributed by atoms with E-state index in [1.165, 1.54) is 6.07 Å². The van der Waals surface area contributed by atoms with Crippen LogP contribution in [-0.2, 0) is 0 Å². The van der Waals surface area contributed by atoms with E-state index in [-0.39, 0.29) is 16.4 Å². The van der Waals surface area contributed by atoms with Crippen molar-refractivity contribution in [3.05, 3.63) is 43.8 Å². The molecule has 2 aromatic rings. The zero-order valence-corrected chi connectivity index (χ0v) is 8.84. The van der Waals surface area contributed by atoms with Crippen LogP contribution >= 0.6 is 22.6 Å². The molecule has 0 aliphatic carbocycles. The highest BCUT2D eigenvalue weighted by molar-refractivity contribution is 14.1. The van der Waals surface area contributed by atoms with Crippen LogP contribution in [0.5, 0.6) is 0 Å². The van der Waals surface area contributed by atoms with Crippen LogP contribution in [0.4, 0.5) is 8.78 Å². The molecule has 14 heavy (non-hydrogen) atoms. The van der Waals surface area contributed by atoms with Crippen molar-refractivity contribution in [1.82, 2.24) is 0 Å². The molecule has 1 heterocycles. The predicted octanol–water partition coefficient (Wildman–Crippen LogP) is 2.68. The van der Waals surface area contributed by atoms with E-state index in [2.05, 4.69) is 0 Å². The molecule has 0 aliphatic heterocycles. The molecule has 72 valence electrons. The third-order valence-electron chi connectivity index (χ3n) is 1.79. The average molecular weight is 308 g/mol. The van der Waals surface area contributed by atoms with Gasteiger partial charge in [-0.2, -0.15) is 4.39 Å². The Balaban J connectivity index is 3.02. The molecule has 0 fully saturated rings. The van der Waals surface area contributed by atoms with Crippen molar-refractivity contribution in [3.8, 4) is 0 Å². The minimum absolute atomic E-state index is 0.0517. The van der Waals surface area contributed by atoms with Gasteiger partial charge in [0.1, 0.15) is 6.26 Å². The van der Waals surface area contributed by atoms with Gasteiger partial charge in [-0.25, -0.2) is 4.39 Å². The van der Waals surface area contributed by atoms with Crippen LogP contribution in [0, 0.1) is 15.2 Å². The van der Waals surface area contributed by atoms with Crippen molar-refractivity contribution in [2.24, 2.45) is 0 Å². The zero-order chi connectivity index (χ0) is 10.3. The van der Waals surface area contributed by atoms with E-state index < -0.39 is 11.6 Å². The largest absolute Gasteiger partial charge is 0.460 e. The fourth-order valence-electron chi connectivity index (χ4n) is 1.12. The minimum Gasteiger partial charge on any atom is -0.460 e. The molecule has 0 bridgehead atoms. The van der Waals surface area contributed by atoms with E-state index in [1.54, 1.807) is 22.6 Å². The second kappa shape index (κ2) is 3.30. The first-order valence-electron chi connectivity index (χ1n) is 3.66. The first-order chi connectivity index (χ1) is 6.61. The standard InChI is InChI=1S/C9H3F2IO2/c10-5-2-1-4-8(13)6(12)3-14-9(4)7(5)11/h1-3H. The summed E-state index contributed by atoms with van der Waals surface area (Å²) < 4.78 is 31.0. The molecule has 1 aromatic carbocycles. The zero-order valence-electron chi connectivity index (χ0n) is 6.68. The van der Waals surface area contributed by atoms with E-state index in [0.717, 1.165) is 12.3 Å². The first kappa shape index (κ1) is 9.57. The van der Waals surface area contributed by atoms with Crippen LogP contribution in [0.25, 0.3) is 11.0 Å². The highest BCUT2D eigenvalue weighted by atomic mass is 127. The van der Waals surface area contributed by atoms with Gasteiger partial charge in [0.2, 0.25) is 11.2 Å². The van der Waals surface area contributed by atoms with Gasteiger partial charge in [-0.05, 0) is 34.7 Å². The Kier molecular flexibility index (Phi) is 2.26. The number of hydrogen-bond acceptors (Lipinski definition) is 2. The summed E-state index contributed by atoms with van der Waals surface area (Å²) in [4.78, 5) is 11.4. The van der Waals surface area contributed by atoms with E-state index in [0.29, 0.717) is 3.57 Å². The van der Waals surface area contributed by atoms with Gasteiger partial charge < -0.3 is 4.42 Å². The van der Waals surface area contributed by atoms with Gasteiger partial charge in [0.05, 0.1) is 8.96 Å². The van der Waals surface area contributed by atoms with Gasteiger partial charge in [-0.15, -0.1) is 0 Å². The number of benzene rings is 1. The van der Waals surface area contributed by atoms with Crippen LogP contribution in [0.2, 0.25) is 0 Å². The summed E-state index contributed by atoms with van der Waals surface area (Å²) in [7, 11) is 0. The van der Waals surface area contributed by atoms with E-state index in [9.17, 15) is 13.6 Å². The topological polar surface area (TPSA) is 30.2 Å². The fourth-order valence-corrected chi connectivity index (χ4v) is 1.54. The molecular weight excluding hydrogens is 305 g/mol. The normalized spacial score (nSPS) is 10.8. The van der Waals surface area contributed by atoms with Crippen molar-refractivity contribution in [2.75, 3.05) is 0 Å². The van der Waals surface area contributed by atoms with Gasteiger partial charge in [0.25, 0.3) is 0 Å². The molecular formula is C9H3F2IO2. The Morgan fingerprint density at radius 3 is 2.71 bits per heavy atom. The molecule has 0 spiro atoms. The summed E-state index contributed by atoms with van der Waals surface area (Å²) in [5, 5.41) is 0.0517. The summed E-state index contributed by atoms with van der Waals surface area (Å²) in [6.45, 7) is 0. The van der Waals surface area contributed by atoms with Crippen molar-refractivity contribution in [3.63, 3.8) is 0 Å². The van der Waals surface area contributed by atoms with Crippen LogP contribution in [0.3, 0.4) is 0 Å². The minimum atomic E-state index is -1.13. The highest BCUT2D eigenvalue weighted by Gasteiger charge is 2.12. The monoisotopic (exact) mass is 308 g/mol. The third kappa shape index (κ3) is 1.31.